The highest BCUT2D eigenvalue weighted by Gasteiger charge is 2.31. The molecule has 164 valence electrons. The molecular weight excluding hydrogens is 394 g/mol. The number of unbranched alkanes of at least 4 members (excludes halogenated alkanes) is 7. The van der Waals surface area contributed by atoms with Crippen molar-refractivity contribution in [3.8, 4) is 11.8 Å². The highest BCUT2D eigenvalue weighted by Crippen LogP contribution is 2.24. The summed E-state index contributed by atoms with van der Waals surface area (Å²) in [5, 5.41) is 2.33. The summed E-state index contributed by atoms with van der Waals surface area (Å²) >= 11 is 0. The van der Waals surface area contributed by atoms with E-state index in [9.17, 15) is 19.2 Å². The zero-order valence-electron chi connectivity index (χ0n) is 18.0. The van der Waals surface area contributed by atoms with Gasteiger partial charge in [-0.15, -0.1) is 0 Å². The molecule has 0 aliphatic carbocycles. The molecule has 1 atom stereocenters. The highest BCUT2D eigenvalue weighted by molar-refractivity contribution is 6.00. The maximum atomic E-state index is 12.9. The van der Waals surface area contributed by atoms with Crippen LogP contribution in [0, 0.1) is 11.8 Å². The largest absolute Gasteiger partial charge is 0.329 e. The molecule has 3 rings (SSSR count). The average Bonchev–Trinajstić information content (AvgIpc) is 3.01. The highest BCUT2D eigenvalue weighted by atomic mass is 16.2. The Balaban J connectivity index is 1.69. The number of aldehydes is 1. The molecule has 1 saturated heterocycles. The van der Waals surface area contributed by atoms with Gasteiger partial charge in [-0.2, -0.15) is 0 Å². The third-order valence-corrected chi connectivity index (χ3v) is 5.72. The van der Waals surface area contributed by atoms with Crippen molar-refractivity contribution in [1.82, 2.24) is 14.5 Å². The maximum Gasteiger partial charge on any atom is 0.329 e. The monoisotopic (exact) mass is 423 g/mol. The van der Waals surface area contributed by atoms with Crippen LogP contribution >= 0.6 is 0 Å². The smallest absolute Gasteiger partial charge is 0.303 e. The minimum Gasteiger partial charge on any atom is -0.303 e. The van der Waals surface area contributed by atoms with Crippen molar-refractivity contribution in [1.29, 1.82) is 0 Å². The van der Waals surface area contributed by atoms with Gasteiger partial charge < -0.3 is 4.79 Å². The van der Waals surface area contributed by atoms with Crippen LogP contribution in [0.25, 0.3) is 11.0 Å². The lowest BCUT2D eigenvalue weighted by atomic mass is 10.1. The van der Waals surface area contributed by atoms with Crippen LogP contribution < -0.4 is 11.0 Å². The summed E-state index contributed by atoms with van der Waals surface area (Å²) in [7, 11) is 1.68. The summed E-state index contributed by atoms with van der Waals surface area (Å²) in [4.78, 5) is 47.0. The second kappa shape index (κ2) is 10.8. The summed E-state index contributed by atoms with van der Waals surface area (Å²) in [5.41, 5.74) is 1.84. The van der Waals surface area contributed by atoms with E-state index in [2.05, 4.69) is 17.2 Å². The first-order valence-electron chi connectivity index (χ1n) is 11.0. The van der Waals surface area contributed by atoms with Gasteiger partial charge in [-0.3, -0.25) is 24.0 Å². The molecule has 31 heavy (non-hydrogen) atoms. The topological polar surface area (TPSA) is 90.2 Å². The minimum absolute atomic E-state index is 0.218. The second-order valence-electron chi connectivity index (χ2n) is 7.98. The summed E-state index contributed by atoms with van der Waals surface area (Å²) in [5.74, 6) is 5.66. The summed E-state index contributed by atoms with van der Waals surface area (Å²) < 4.78 is 3.01. The number of amides is 2. The number of piperidine rings is 1. The Labute approximate surface area is 181 Å². The van der Waals surface area contributed by atoms with Crippen molar-refractivity contribution in [3.63, 3.8) is 0 Å². The Kier molecular flexibility index (Phi) is 7.82. The Morgan fingerprint density at radius 1 is 1.10 bits per heavy atom. The predicted molar refractivity (Wildman–Crippen MR) is 118 cm³/mol. The molecule has 1 fully saturated rings. The molecule has 0 radical (unpaired) electrons. The van der Waals surface area contributed by atoms with Crippen LogP contribution in [0.3, 0.4) is 0 Å². The first kappa shape index (κ1) is 22.5. The summed E-state index contributed by atoms with van der Waals surface area (Å²) in [6, 6.07) is 4.85. The van der Waals surface area contributed by atoms with Crippen molar-refractivity contribution in [2.75, 3.05) is 0 Å². The molecule has 1 aromatic heterocycles. The van der Waals surface area contributed by atoms with Crippen LogP contribution in [0.4, 0.5) is 0 Å². The molecule has 7 nitrogen and oxygen atoms in total. The summed E-state index contributed by atoms with van der Waals surface area (Å²) in [6.45, 7) is 0. The lowest BCUT2D eigenvalue weighted by Gasteiger charge is -2.21. The van der Waals surface area contributed by atoms with Gasteiger partial charge in [-0.05, 0) is 31.4 Å². The van der Waals surface area contributed by atoms with Gasteiger partial charge in [0.2, 0.25) is 11.8 Å². The van der Waals surface area contributed by atoms with Crippen molar-refractivity contribution >= 4 is 29.1 Å². The van der Waals surface area contributed by atoms with E-state index in [1.165, 1.54) is 9.13 Å². The number of imide groups is 1. The number of aryl methyl sites for hydroxylation is 1. The number of hydrogen-bond acceptors (Lipinski definition) is 4. The van der Waals surface area contributed by atoms with Gasteiger partial charge >= 0.3 is 5.69 Å². The van der Waals surface area contributed by atoms with E-state index >= 15 is 0 Å². The average molecular weight is 424 g/mol. The number of aromatic nitrogens is 2. The molecule has 2 heterocycles. The van der Waals surface area contributed by atoms with Crippen LogP contribution in [0.1, 0.15) is 75.8 Å². The van der Waals surface area contributed by atoms with Crippen molar-refractivity contribution in [2.24, 2.45) is 7.05 Å². The van der Waals surface area contributed by atoms with Crippen LogP contribution in [-0.4, -0.2) is 27.2 Å². The van der Waals surface area contributed by atoms with E-state index in [1.807, 2.05) is 18.2 Å². The van der Waals surface area contributed by atoms with Gasteiger partial charge in [0.15, 0.2) is 0 Å². The number of fused-ring (bicyclic) bond motifs is 1. The number of hydrogen-bond donors (Lipinski definition) is 1. The maximum absolute atomic E-state index is 12.9. The molecule has 1 aromatic carbocycles. The third kappa shape index (κ3) is 5.32. The Morgan fingerprint density at radius 2 is 1.84 bits per heavy atom. The lowest BCUT2D eigenvalue weighted by molar-refractivity contribution is -0.135. The van der Waals surface area contributed by atoms with Gasteiger partial charge in [-0.25, -0.2) is 4.79 Å². The fourth-order valence-corrected chi connectivity index (χ4v) is 4.07. The van der Waals surface area contributed by atoms with E-state index in [4.69, 9.17) is 0 Å². The van der Waals surface area contributed by atoms with Crippen molar-refractivity contribution in [2.45, 2.75) is 70.3 Å². The van der Waals surface area contributed by atoms with Gasteiger partial charge in [0.25, 0.3) is 0 Å². The third-order valence-electron chi connectivity index (χ3n) is 5.72. The number of carbonyl (C=O) groups excluding carboxylic acids is 3. The van der Waals surface area contributed by atoms with Crippen LogP contribution in [0.15, 0.2) is 23.0 Å². The molecule has 0 spiro atoms. The summed E-state index contributed by atoms with van der Waals surface area (Å²) in [6.07, 6.45) is 9.47. The molecule has 2 amide bonds. The van der Waals surface area contributed by atoms with Gasteiger partial charge in [0, 0.05) is 26.3 Å². The molecule has 0 bridgehead atoms. The van der Waals surface area contributed by atoms with Crippen LogP contribution in [0.2, 0.25) is 0 Å². The first-order valence-corrected chi connectivity index (χ1v) is 11.0. The van der Waals surface area contributed by atoms with Gasteiger partial charge in [-0.1, -0.05) is 43.6 Å². The van der Waals surface area contributed by atoms with Gasteiger partial charge in [0.1, 0.15) is 12.3 Å². The number of para-hydroxylation sites is 1. The Morgan fingerprint density at radius 3 is 2.58 bits per heavy atom. The second-order valence-corrected chi connectivity index (χ2v) is 7.98. The Bertz CT molecular complexity index is 1080. The van der Waals surface area contributed by atoms with E-state index < -0.39 is 11.9 Å². The van der Waals surface area contributed by atoms with Gasteiger partial charge in [0.05, 0.1) is 16.6 Å². The number of carbonyl (C=O) groups is 3. The lowest BCUT2D eigenvalue weighted by Crippen LogP contribution is -2.44. The van der Waals surface area contributed by atoms with E-state index in [0.29, 0.717) is 23.9 Å². The van der Waals surface area contributed by atoms with Crippen LogP contribution in [0.5, 0.6) is 0 Å². The standard InChI is InChI=1S/C24H29N3O4/c1-26-22-18(12-9-7-5-3-2-4-6-8-10-17-28)13-11-14-19(22)27(24(26)31)20-15-16-21(29)25-23(20)30/h11,13-14,17,20H,2-8,10,15-16H2,1H3,(H,25,29,30). The molecule has 1 N–H and O–H groups in total. The predicted octanol–water partition coefficient (Wildman–Crippen LogP) is 2.99. The zero-order chi connectivity index (χ0) is 22.2. The van der Waals surface area contributed by atoms with Crippen molar-refractivity contribution < 1.29 is 14.4 Å². The molecule has 2 aromatic rings. The molecule has 1 unspecified atom stereocenters. The molecule has 7 heteroatoms. The first-order chi connectivity index (χ1) is 15.0. The van der Waals surface area contributed by atoms with Crippen molar-refractivity contribution in [3.05, 3.63) is 34.2 Å². The fraction of sp³-hybridized carbons (Fsp3) is 0.500. The molecule has 0 saturated carbocycles. The molecule has 1 aliphatic heterocycles. The Hall–Kier alpha value is -3.14. The SMILES string of the molecule is Cn1c(=O)n(C2CCC(=O)NC2=O)c2cccc(C#CCCCCCCCCC=O)c21. The number of nitrogens with zero attached hydrogens (tertiary/aromatic N) is 2. The minimum atomic E-state index is -0.691. The number of imidazole rings is 1. The van der Waals surface area contributed by atoms with E-state index in [1.54, 1.807) is 7.05 Å². The quantitative estimate of drug-likeness (QED) is 0.291. The molecular formula is C24H29N3O4. The fourth-order valence-electron chi connectivity index (χ4n) is 4.07. The molecule has 1 aliphatic rings. The van der Waals surface area contributed by atoms with E-state index in [0.717, 1.165) is 56.8 Å². The van der Waals surface area contributed by atoms with E-state index in [-0.39, 0.29) is 18.0 Å². The van der Waals surface area contributed by atoms with Crippen LogP contribution in [-0.2, 0) is 21.4 Å². The number of nitrogens with one attached hydrogen (secondary N) is 1. The zero-order valence-corrected chi connectivity index (χ0v) is 18.0. The number of rotatable bonds is 9. The number of benzene rings is 1. The normalized spacial score (nSPS) is 16.1.